The van der Waals surface area contributed by atoms with Crippen molar-refractivity contribution in [2.24, 2.45) is 12.8 Å². The number of aryl methyl sites for hydroxylation is 1. The minimum absolute atomic E-state index is 0. The van der Waals surface area contributed by atoms with Gasteiger partial charge in [-0.15, -0.1) is 24.2 Å². The van der Waals surface area contributed by atoms with E-state index in [1.54, 1.807) is 11.8 Å². The van der Waals surface area contributed by atoms with Gasteiger partial charge in [-0.25, -0.2) is 0 Å². The van der Waals surface area contributed by atoms with Crippen LogP contribution in [0.1, 0.15) is 5.69 Å². The predicted octanol–water partition coefficient (Wildman–Crippen LogP) is 1.02. The molecule has 5 heteroatoms. The summed E-state index contributed by atoms with van der Waals surface area (Å²) in [4.78, 5) is 1.17. The quantitative estimate of drug-likeness (QED) is 0.714. The number of hydrogen-bond acceptors (Lipinski definition) is 3. The fraction of sp³-hybridized carbons (Fsp3) is 0.500. The van der Waals surface area contributed by atoms with Crippen molar-refractivity contribution < 1.29 is 0 Å². The van der Waals surface area contributed by atoms with Crippen molar-refractivity contribution in [1.29, 1.82) is 0 Å². The number of rotatable bonds is 2. The monoisotopic (exact) mass is 193 g/mol. The minimum atomic E-state index is 0. The van der Waals surface area contributed by atoms with Gasteiger partial charge in [-0.2, -0.15) is 5.10 Å². The lowest BCUT2D eigenvalue weighted by Gasteiger charge is -1.98. The van der Waals surface area contributed by atoms with E-state index in [0.717, 1.165) is 5.69 Å². The Morgan fingerprint density at radius 2 is 2.36 bits per heavy atom. The zero-order valence-corrected chi connectivity index (χ0v) is 8.21. The van der Waals surface area contributed by atoms with E-state index in [4.69, 9.17) is 5.73 Å². The van der Waals surface area contributed by atoms with Gasteiger partial charge in [0.25, 0.3) is 0 Å². The molecule has 0 saturated carbocycles. The summed E-state index contributed by atoms with van der Waals surface area (Å²) in [7, 11) is 1.90. The van der Waals surface area contributed by atoms with Gasteiger partial charge in [-0.05, 0) is 6.26 Å². The Labute approximate surface area is 76.7 Å². The van der Waals surface area contributed by atoms with Gasteiger partial charge in [0.05, 0.1) is 11.9 Å². The van der Waals surface area contributed by atoms with E-state index in [1.807, 2.05) is 24.2 Å². The summed E-state index contributed by atoms with van der Waals surface area (Å²) in [5.74, 6) is 0. The van der Waals surface area contributed by atoms with Gasteiger partial charge in [0.15, 0.2) is 0 Å². The lowest BCUT2D eigenvalue weighted by Crippen LogP contribution is -2.04. The van der Waals surface area contributed by atoms with Crippen LogP contribution in [-0.4, -0.2) is 16.0 Å². The number of nitrogens with two attached hydrogens (primary N) is 1. The first-order chi connectivity index (χ1) is 4.79. The Morgan fingerprint density at radius 1 is 1.73 bits per heavy atom. The van der Waals surface area contributed by atoms with Crippen molar-refractivity contribution in [2.45, 2.75) is 11.4 Å². The van der Waals surface area contributed by atoms with Crippen molar-refractivity contribution in [1.82, 2.24) is 9.78 Å². The fourth-order valence-corrected chi connectivity index (χ4v) is 1.45. The molecule has 1 rings (SSSR count). The van der Waals surface area contributed by atoms with Crippen LogP contribution in [0.15, 0.2) is 11.1 Å². The van der Waals surface area contributed by atoms with Gasteiger partial charge in [-0.1, -0.05) is 0 Å². The van der Waals surface area contributed by atoms with E-state index < -0.39 is 0 Å². The topological polar surface area (TPSA) is 43.8 Å². The molecule has 11 heavy (non-hydrogen) atoms. The number of aromatic nitrogens is 2. The van der Waals surface area contributed by atoms with E-state index in [9.17, 15) is 0 Å². The largest absolute Gasteiger partial charge is 0.325 e. The van der Waals surface area contributed by atoms with Gasteiger partial charge >= 0.3 is 0 Å². The lowest BCUT2D eigenvalue weighted by atomic mass is 10.4. The molecule has 0 aromatic carbocycles. The Hall–Kier alpha value is -0.190. The van der Waals surface area contributed by atoms with Crippen LogP contribution in [0.25, 0.3) is 0 Å². The molecule has 3 nitrogen and oxygen atoms in total. The molecule has 0 radical (unpaired) electrons. The molecule has 1 heterocycles. The van der Waals surface area contributed by atoms with Crippen LogP contribution in [0, 0.1) is 0 Å². The van der Waals surface area contributed by atoms with Crippen LogP contribution < -0.4 is 5.73 Å². The first-order valence-electron chi connectivity index (χ1n) is 3.04. The van der Waals surface area contributed by atoms with Gasteiger partial charge in [0.2, 0.25) is 0 Å². The van der Waals surface area contributed by atoms with Crippen molar-refractivity contribution >= 4 is 24.2 Å². The highest BCUT2D eigenvalue weighted by Gasteiger charge is 2.03. The molecule has 0 amide bonds. The summed E-state index contributed by atoms with van der Waals surface area (Å²) < 4.78 is 1.81. The first-order valence-corrected chi connectivity index (χ1v) is 4.27. The number of halogens is 1. The maximum atomic E-state index is 5.50. The predicted molar refractivity (Wildman–Crippen MR) is 50.1 cm³/mol. The SMILES string of the molecule is CSc1cnn(C)c1CN.Cl. The summed E-state index contributed by atoms with van der Waals surface area (Å²) >= 11 is 1.68. The van der Waals surface area contributed by atoms with Crippen molar-refractivity contribution in [3.05, 3.63) is 11.9 Å². The van der Waals surface area contributed by atoms with E-state index >= 15 is 0 Å². The maximum absolute atomic E-state index is 5.50. The standard InChI is InChI=1S/C6H11N3S.ClH/c1-9-5(3-7)6(10-2)4-8-9;/h4H,3,7H2,1-2H3;1H. The van der Waals surface area contributed by atoms with Crippen molar-refractivity contribution in [3.8, 4) is 0 Å². The van der Waals surface area contributed by atoms with Crippen LogP contribution in [0.5, 0.6) is 0 Å². The van der Waals surface area contributed by atoms with E-state index in [2.05, 4.69) is 5.10 Å². The molecule has 1 aromatic rings. The van der Waals surface area contributed by atoms with Crippen LogP contribution in [-0.2, 0) is 13.6 Å². The zero-order chi connectivity index (χ0) is 7.56. The smallest absolute Gasteiger partial charge is 0.0652 e. The molecule has 0 atom stereocenters. The Balaban J connectivity index is 0.000001000. The average molecular weight is 194 g/mol. The molecule has 0 saturated heterocycles. The molecule has 0 unspecified atom stereocenters. The van der Waals surface area contributed by atoms with Gasteiger partial charge in [0.1, 0.15) is 0 Å². The maximum Gasteiger partial charge on any atom is 0.0652 e. The molecule has 0 spiro atoms. The third kappa shape index (κ3) is 2.12. The molecular weight excluding hydrogens is 182 g/mol. The first kappa shape index (κ1) is 10.8. The Kier molecular flexibility index (Phi) is 4.56. The fourth-order valence-electron chi connectivity index (χ4n) is 0.846. The second-order valence-corrected chi connectivity index (χ2v) is 2.84. The molecular formula is C6H12ClN3S. The second-order valence-electron chi connectivity index (χ2n) is 1.99. The van der Waals surface area contributed by atoms with Gasteiger partial charge < -0.3 is 5.73 Å². The van der Waals surface area contributed by atoms with Crippen molar-refractivity contribution in [2.75, 3.05) is 6.26 Å². The highest BCUT2D eigenvalue weighted by atomic mass is 35.5. The molecule has 1 aromatic heterocycles. The summed E-state index contributed by atoms with van der Waals surface area (Å²) in [5.41, 5.74) is 6.60. The minimum Gasteiger partial charge on any atom is -0.325 e. The third-order valence-corrected chi connectivity index (χ3v) is 2.22. The molecule has 0 aliphatic rings. The molecule has 0 bridgehead atoms. The third-order valence-electron chi connectivity index (χ3n) is 1.44. The highest BCUT2D eigenvalue weighted by molar-refractivity contribution is 7.98. The summed E-state index contributed by atoms with van der Waals surface area (Å²) in [6, 6.07) is 0. The van der Waals surface area contributed by atoms with Crippen LogP contribution >= 0.6 is 24.2 Å². The number of nitrogens with zero attached hydrogens (tertiary/aromatic N) is 2. The molecule has 0 aliphatic heterocycles. The van der Waals surface area contributed by atoms with Gasteiger partial charge in [0, 0.05) is 18.5 Å². The van der Waals surface area contributed by atoms with Gasteiger partial charge in [-0.3, -0.25) is 4.68 Å². The summed E-state index contributed by atoms with van der Waals surface area (Å²) in [6.07, 6.45) is 3.86. The van der Waals surface area contributed by atoms with Crippen LogP contribution in [0.2, 0.25) is 0 Å². The Bertz CT molecular complexity index is 224. The summed E-state index contributed by atoms with van der Waals surface area (Å²) in [5, 5.41) is 4.07. The average Bonchev–Trinajstić information content (AvgIpc) is 2.30. The highest BCUT2D eigenvalue weighted by Crippen LogP contribution is 2.17. The number of thioether (sulfide) groups is 1. The second kappa shape index (κ2) is 4.64. The molecule has 0 aliphatic carbocycles. The van der Waals surface area contributed by atoms with E-state index in [1.165, 1.54) is 4.90 Å². The normalized spacial score (nSPS) is 9.36. The van der Waals surface area contributed by atoms with Crippen LogP contribution in [0.4, 0.5) is 0 Å². The van der Waals surface area contributed by atoms with Crippen LogP contribution in [0.3, 0.4) is 0 Å². The molecule has 0 fully saturated rings. The van der Waals surface area contributed by atoms with E-state index in [0.29, 0.717) is 6.54 Å². The van der Waals surface area contributed by atoms with Crippen molar-refractivity contribution in [3.63, 3.8) is 0 Å². The van der Waals surface area contributed by atoms with E-state index in [-0.39, 0.29) is 12.4 Å². The zero-order valence-electron chi connectivity index (χ0n) is 6.57. The lowest BCUT2D eigenvalue weighted by molar-refractivity contribution is 0.707. The Morgan fingerprint density at radius 3 is 2.73 bits per heavy atom. The number of hydrogen-bond donors (Lipinski definition) is 1. The summed E-state index contributed by atoms with van der Waals surface area (Å²) in [6.45, 7) is 0.562. The molecule has 64 valence electrons. The molecule has 2 N–H and O–H groups in total.